The zero-order valence-electron chi connectivity index (χ0n) is 9.04. The molecule has 2 aliphatic rings. The molecule has 2 rings (SSSR count). The molecule has 2 saturated heterocycles. The Labute approximate surface area is 94.5 Å². The lowest BCUT2D eigenvalue weighted by molar-refractivity contribution is -0.125. The van der Waals surface area contributed by atoms with Crippen LogP contribution in [-0.2, 0) is 9.53 Å². The van der Waals surface area contributed by atoms with Crippen LogP contribution in [0.1, 0.15) is 19.8 Å². The molecule has 0 aromatic rings. The van der Waals surface area contributed by atoms with Crippen LogP contribution in [0.3, 0.4) is 0 Å². The fourth-order valence-corrected chi connectivity index (χ4v) is 2.84. The van der Waals surface area contributed by atoms with E-state index >= 15 is 0 Å². The summed E-state index contributed by atoms with van der Waals surface area (Å²) in [5.41, 5.74) is -0.0652. The van der Waals surface area contributed by atoms with Crippen LogP contribution in [0.5, 0.6) is 0 Å². The Morgan fingerprint density at radius 1 is 1.53 bits per heavy atom. The van der Waals surface area contributed by atoms with Gasteiger partial charge in [0, 0.05) is 30.4 Å². The molecule has 0 aromatic carbocycles. The molecule has 1 unspecified atom stereocenters. The summed E-state index contributed by atoms with van der Waals surface area (Å²) in [6.07, 6.45) is 1.83. The summed E-state index contributed by atoms with van der Waals surface area (Å²) in [7, 11) is 0. The first-order valence-corrected chi connectivity index (χ1v) is 6.56. The van der Waals surface area contributed by atoms with Crippen LogP contribution < -0.4 is 10.6 Å². The molecule has 0 spiro atoms. The monoisotopic (exact) mass is 230 g/mol. The van der Waals surface area contributed by atoms with Crippen LogP contribution in [0.25, 0.3) is 0 Å². The van der Waals surface area contributed by atoms with Crippen molar-refractivity contribution in [3.05, 3.63) is 0 Å². The maximum atomic E-state index is 11.9. The lowest BCUT2D eigenvalue weighted by Crippen LogP contribution is -2.54. The first-order chi connectivity index (χ1) is 7.20. The number of thioether (sulfide) groups is 1. The molecule has 1 amide bonds. The fraction of sp³-hybridized carbons (Fsp3) is 0.900. The molecule has 15 heavy (non-hydrogen) atoms. The Bertz CT molecular complexity index is 236. The number of amides is 1. The summed E-state index contributed by atoms with van der Waals surface area (Å²) in [6, 6.07) is -0.00494. The summed E-state index contributed by atoms with van der Waals surface area (Å²) in [6.45, 7) is 3.61. The van der Waals surface area contributed by atoms with E-state index in [-0.39, 0.29) is 17.5 Å². The molecular weight excluding hydrogens is 212 g/mol. The Hall–Kier alpha value is -0.260. The predicted octanol–water partition coefficient (Wildman–Crippen LogP) is 0.334. The molecule has 1 atom stereocenters. The molecule has 0 radical (unpaired) electrons. The van der Waals surface area contributed by atoms with Crippen LogP contribution in [0.4, 0.5) is 0 Å². The van der Waals surface area contributed by atoms with E-state index in [1.54, 1.807) is 11.8 Å². The van der Waals surface area contributed by atoms with Gasteiger partial charge in [-0.25, -0.2) is 0 Å². The number of hydrogen-bond donors (Lipinski definition) is 2. The zero-order chi connectivity index (χ0) is 10.7. The number of ether oxygens (including phenoxy) is 1. The second-order valence-electron chi connectivity index (χ2n) is 4.43. The van der Waals surface area contributed by atoms with Gasteiger partial charge in [-0.3, -0.25) is 10.1 Å². The summed E-state index contributed by atoms with van der Waals surface area (Å²) in [4.78, 5) is 11.9. The summed E-state index contributed by atoms with van der Waals surface area (Å²) in [5.74, 6) is 1.92. The second-order valence-corrected chi connectivity index (χ2v) is 5.46. The van der Waals surface area contributed by atoms with Crippen molar-refractivity contribution in [2.75, 3.05) is 24.8 Å². The molecule has 2 aliphatic heterocycles. The van der Waals surface area contributed by atoms with E-state index in [9.17, 15) is 4.79 Å². The molecule has 2 N–H and O–H groups in total. The molecule has 2 heterocycles. The lowest BCUT2D eigenvalue weighted by atomic mass is 9.92. The number of rotatable bonds is 2. The summed E-state index contributed by atoms with van der Waals surface area (Å²) >= 11 is 1.77. The number of carbonyl (C=O) groups excluding carboxylic acids is 1. The van der Waals surface area contributed by atoms with Crippen molar-refractivity contribution in [2.24, 2.45) is 0 Å². The van der Waals surface area contributed by atoms with E-state index in [4.69, 9.17) is 4.74 Å². The van der Waals surface area contributed by atoms with E-state index in [1.165, 1.54) is 0 Å². The highest BCUT2D eigenvalue weighted by atomic mass is 32.2. The van der Waals surface area contributed by atoms with Gasteiger partial charge < -0.3 is 10.1 Å². The van der Waals surface area contributed by atoms with Gasteiger partial charge in [-0.1, -0.05) is 0 Å². The highest BCUT2D eigenvalue weighted by Crippen LogP contribution is 2.20. The van der Waals surface area contributed by atoms with Crippen molar-refractivity contribution in [1.82, 2.24) is 10.6 Å². The fourth-order valence-electron chi connectivity index (χ4n) is 1.90. The van der Waals surface area contributed by atoms with Crippen LogP contribution in [-0.4, -0.2) is 42.3 Å². The maximum absolute atomic E-state index is 11.9. The van der Waals surface area contributed by atoms with Gasteiger partial charge >= 0.3 is 0 Å². The average molecular weight is 230 g/mol. The Morgan fingerprint density at radius 3 is 2.87 bits per heavy atom. The van der Waals surface area contributed by atoms with Gasteiger partial charge in [0.15, 0.2) is 0 Å². The van der Waals surface area contributed by atoms with Crippen LogP contribution in [0.2, 0.25) is 0 Å². The smallest absolute Gasteiger partial charge is 0.238 e. The molecule has 2 fully saturated rings. The van der Waals surface area contributed by atoms with Gasteiger partial charge in [0.1, 0.15) is 0 Å². The third kappa shape index (κ3) is 2.86. The minimum atomic E-state index is -0.0652. The van der Waals surface area contributed by atoms with Crippen LogP contribution >= 0.6 is 11.8 Å². The third-order valence-corrected chi connectivity index (χ3v) is 3.99. The van der Waals surface area contributed by atoms with Crippen molar-refractivity contribution in [3.8, 4) is 0 Å². The van der Waals surface area contributed by atoms with Gasteiger partial charge in [0.05, 0.1) is 6.04 Å². The predicted molar refractivity (Wildman–Crippen MR) is 60.8 cm³/mol. The minimum absolute atomic E-state index is 0.00494. The standard InChI is InChI=1S/C10H18N2O2S/c1-10(2-4-14-5-3-10)12-9(13)8-6-15-7-11-8/h8,11H,2-7H2,1H3,(H,12,13). The van der Waals surface area contributed by atoms with Crippen LogP contribution in [0, 0.1) is 0 Å². The summed E-state index contributed by atoms with van der Waals surface area (Å²) < 4.78 is 5.30. The van der Waals surface area contributed by atoms with E-state index in [0.29, 0.717) is 0 Å². The van der Waals surface area contributed by atoms with Crippen molar-refractivity contribution < 1.29 is 9.53 Å². The molecule has 0 aliphatic carbocycles. The average Bonchev–Trinajstić information content (AvgIpc) is 2.70. The molecule has 86 valence electrons. The van der Waals surface area contributed by atoms with Gasteiger partial charge in [0.2, 0.25) is 5.91 Å². The molecule has 4 nitrogen and oxygen atoms in total. The molecule has 5 heteroatoms. The zero-order valence-corrected chi connectivity index (χ0v) is 9.86. The number of hydrogen-bond acceptors (Lipinski definition) is 4. The topological polar surface area (TPSA) is 50.4 Å². The van der Waals surface area contributed by atoms with E-state index in [1.807, 2.05) is 0 Å². The lowest BCUT2D eigenvalue weighted by Gasteiger charge is -2.35. The first-order valence-electron chi connectivity index (χ1n) is 5.41. The maximum Gasteiger partial charge on any atom is 0.238 e. The van der Waals surface area contributed by atoms with E-state index < -0.39 is 0 Å². The van der Waals surface area contributed by atoms with Crippen molar-refractivity contribution in [1.29, 1.82) is 0 Å². The van der Waals surface area contributed by atoms with Gasteiger partial charge in [-0.2, -0.15) is 0 Å². The number of carbonyl (C=O) groups is 1. The Balaban J connectivity index is 1.86. The Morgan fingerprint density at radius 2 is 2.27 bits per heavy atom. The highest BCUT2D eigenvalue weighted by Gasteiger charge is 2.32. The molecular formula is C10H18N2O2S. The van der Waals surface area contributed by atoms with Gasteiger partial charge in [-0.05, 0) is 19.8 Å². The second kappa shape index (κ2) is 4.72. The van der Waals surface area contributed by atoms with Gasteiger partial charge in [-0.15, -0.1) is 11.8 Å². The van der Waals surface area contributed by atoms with Crippen molar-refractivity contribution in [3.63, 3.8) is 0 Å². The third-order valence-electron chi connectivity index (χ3n) is 3.05. The normalized spacial score (nSPS) is 30.1. The molecule has 0 saturated carbocycles. The Kier molecular flexibility index (Phi) is 3.53. The largest absolute Gasteiger partial charge is 0.381 e. The first kappa shape index (κ1) is 11.2. The summed E-state index contributed by atoms with van der Waals surface area (Å²) in [5, 5.41) is 6.33. The van der Waals surface area contributed by atoms with Crippen molar-refractivity contribution >= 4 is 17.7 Å². The molecule has 0 bridgehead atoms. The van der Waals surface area contributed by atoms with Gasteiger partial charge in [0.25, 0.3) is 0 Å². The quantitative estimate of drug-likeness (QED) is 0.718. The number of nitrogens with one attached hydrogen (secondary N) is 2. The van der Waals surface area contributed by atoms with E-state index in [0.717, 1.165) is 37.7 Å². The molecule has 0 aromatic heterocycles. The SMILES string of the molecule is CC1(NC(=O)C2CSCN2)CCOCC1. The van der Waals surface area contributed by atoms with E-state index in [2.05, 4.69) is 17.6 Å². The minimum Gasteiger partial charge on any atom is -0.381 e. The highest BCUT2D eigenvalue weighted by molar-refractivity contribution is 7.99. The van der Waals surface area contributed by atoms with Crippen LogP contribution in [0.15, 0.2) is 0 Å². The van der Waals surface area contributed by atoms with Crippen molar-refractivity contribution in [2.45, 2.75) is 31.3 Å².